The second kappa shape index (κ2) is 10.7. The highest BCUT2D eigenvalue weighted by Crippen LogP contribution is 2.26. The monoisotopic (exact) mass is 566 g/mol. The van der Waals surface area contributed by atoms with Crippen molar-refractivity contribution in [3.63, 3.8) is 0 Å². The Morgan fingerprint density at radius 2 is 1.48 bits per heavy atom. The number of carbonyl (C=O) groups excluding carboxylic acids is 2. The fraction of sp³-hybridized carbons (Fsp3) is 0.100. The van der Waals surface area contributed by atoms with E-state index in [1.807, 2.05) is 24.3 Å². The molecule has 0 atom stereocenters. The average molecular weight is 567 g/mol. The van der Waals surface area contributed by atoms with Gasteiger partial charge in [0.15, 0.2) is 5.65 Å². The summed E-state index contributed by atoms with van der Waals surface area (Å²) < 4.78 is 39.8. The lowest BCUT2D eigenvalue weighted by atomic mass is 10.0. The van der Waals surface area contributed by atoms with Crippen LogP contribution in [0.1, 0.15) is 26.3 Å². The molecule has 0 unspecified atom stereocenters. The SMILES string of the molecule is COC(=O)c1ccc(-c2cnc3ccc(Cn4nnc5ncc(-c6ccc(C(=O)OC)c(F)c6)nc54)cc3c2)cc1F. The number of halogens is 2. The molecule has 0 aliphatic heterocycles. The van der Waals surface area contributed by atoms with Crippen molar-refractivity contribution in [3.8, 4) is 22.4 Å². The van der Waals surface area contributed by atoms with Crippen LogP contribution in [-0.2, 0) is 16.0 Å². The van der Waals surface area contributed by atoms with Crippen LogP contribution in [0.4, 0.5) is 8.78 Å². The van der Waals surface area contributed by atoms with Gasteiger partial charge in [-0.2, -0.15) is 0 Å². The van der Waals surface area contributed by atoms with Gasteiger partial charge >= 0.3 is 11.9 Å². The lowest BCUT2D eigenvalue weighted by Gasteiger charge is -2.08. The minimum atomic E-state index is -0.774. The summed E-state index contributed by atoms with van der Waals surface area (Å²) in [5, 5.41) is 9.08. The van der Waals surface area contributed by atoms with E-state index in [0.717, 1.165) is 16.5 Å². The van der Waals surface area contributed by atoms with Crippen LogP contribution in [0.15, 0.2) is 73.1 Å². The van der Waals surface area contributed by atoms with E-state index in [4.69, 9.17) is 0 Å². The number of nitrogens with zero attached hydrogens (tertiary/aromatic N) is 6. The first kappa shape index (κ1) is 26.6. The number of fused-ring (bicyclic) bond motifs is 2. The number of benzene rings is 3. The summed E-state index contributed by atoms with van der Waals surface area (Å²) in [5.41, 5.74) is 3.99. The van der Waals surface area contributed by atoms with Crippen molar-refractivity contribution < 1.29 is 27.8 Å². The first-order valence-corrected chi connectivity index (χ1v) is 12.6. The number of hydrogen-bond donors (Lipinski definition) is 0. The van der Waals surface area contributed by atoms with Gasteiger partial charge < -0.3 is 9.47 Å². The van der Waals surface area contributed by atoms with Crippen molar-refractivity contribution in [1.29, 1.82) is 0 Å². The molecular formula is C30H20F2N6O4. The lowest BCUT2D eigenvalue weighted by Crippen LogP contribution is -2.05. The third kappa shape index (κ3) is 4.89. The summed E-state index contributed by atoms with van der Waals surface area (Å²) in [6.07, 6.45) is 3.09. The summed E-state index contributed by atoms with van der Waals surface area (Å²) in [4.78, 5) is 36.9. The quantitative estimate of drug-likeness (QED) is 0.256. The van der Waals surface area contributed by atoms with Crippen LogP contribution in [0.2, 0.25) is 0 Å². The zero-order valence-corrected chi connectivity index (χ0v) is 22.2. The molecule has 42 heavy (non-hydrogen) atoms. The molecule has 0 aliphatic carbocycles. The zero-order chi connectivity index (χ0) is 29.4. The summed E-state index contributed by atoms with van der Waals surface area (Å²) >= 11 is 0. The molecule has 3 heterocycles. The molecule has 10 nitrogen and oxygen atoms in total. The highest BCUT2D eigenvalue weighted by molar-refractivity contribution is 5.91. The third-order valence-electron chi connectivity index (χ3n) is 6.68. The Morgan fingerprint density at radius 3 is 2.17 bits per heavy atom. The number of aromatic nitrogens is 6. The van der Waals surface area contributed by atoms with Gasteiger partial charge in [-0.05, 0) is 53.6 Å². The number of carbonyl (C=O) groups is 2. The van der Waals surface area contributed by atoms with Crippen LogP contribution in [0.5, 0.6) is 0 Å². The summed E-state index contributed by atoms with van der Waals surface area (Å²) in [5.74, 6) is -2.95. The largest absolute Gasteiger partial charge is 0.465 e. The predicted molar refractivity (Wildman–Crippen MR) is 147 cm³/mol. The van der Waals surface area contributed by atoms with E-state index in [2.05, 4.69) is 34.7 Å². The summed E-state index contributed by atoms with van der Waals surface area (Å²) in [6.45, 7) is 0.299. The van der Waals surface area contributed by atoms with Crippen LogP contribution in [0.3, 0.4) is 0 Å². The van der Waals surface area contributed by atoms with Crippen molar-refractivity contribution in [1.82, 2.24) is 29.9 Å². The topological polar surface area (TPSA) is 122 Å². The number of hydrogen-bond acceptors (Lipinski definition) is 9. The molecule has 3 aromatic heterocycles. The van der Waals surface area contributed by atoms with E-state index >= 15 is 0 Å². The second-order valence-electron chi connectivity index (χ2n) is 9.27. The van der Waals surface area contributed by atoms with E-state index in [1.165, 1.54) is 44.7 Å². The molecule has 3 aromatic carbocycles. The molecule has 0 fully saturated rings. The van der Waals surface area contributed by atoms with E-state index in [1.54, 1.807) is 23.0 Å². The molecule has 208 valence electrons. The predicted octanol–water partition coefficient (Wildman–Crippen LogP) is 5.00. The number of pyridine rings is 1. The van der Waals surface area contributed by atoms with Gasteiger partial charge in [0.05, 0.1) is 49.3 Å². The van der Waals surface area contributed by atoms with Crippen molar-refractivity contribution in [2.24, 2.45) is 0 Å². The Hall–Kier alpha value is -5.65. The Labute approximate surface area is 236 Å². The highest BCUT2D eigenvalue weighted by Gasteiger charge is 2.16. The molecule has 0 N–H and O–H groups in total. The standard InChI is InChI=1S/C30H20F2N6O4/c1-41-29(39)21-6-4-17(11-23(21)31)20-10-19-9-16(3-8-25(19)33-13-20)15-38-28-27(36-37-38)34-14-26(35-28)18-5-7-22(24(32)12-18)30(40)42-2/h3-14H,15H2,1-2H3. The number of esters is 2. The molecule has 0 saturated carbocycles. The molecule has 0 bridgehead atoms. The van der Waals surface area contributed by atoms with Crippen LogP contribution in [0.25, 0.3) is 44.6 Å². The van der Waals surface area contributed by atoms with E-state index in [0.29, 0.717) is 40.2 Å². The van der Waals surface area contributed by atoms with E-state index in [-0.39, 0.29) is 11.1 Å². The van der Waals surface area contributed by atoms with Gasteiger partial charge in [-0.3, -0.25) is 4.98 Å². The fourth-order valence-corrected chi connectivity index (χ4v) is 4.53. The molecule has 0 aliphatic rings. The van der Waals surface area contributed by atoms with Crippen molar-refractivity contribution in [3.05, 3.63) is 101 Å². The molecule has 12 heteroatoms. The van der Waals surface area contributed by atoms with Gasteiger partial charge in [-0.15, -0.1) is 5.10 Å². The normalized spacial score (nSPS) is 11.1. The minimum Gasteiger partial charge on any atom is -0.465 e. The van der Waals surface area contributed by atoms with Gasteiger partial charge in [0, 0.05) is 22.7 Å². The van der Waals surface area contributed by atoms with E-state index in [9.17, 15) is 18.4 Å². The first-order valence-electron chi connectivity index (χ1n) is 12.6. The third-order valence-corrected chi connectivity index (χ3v) is 6.68. The molecule has 0 radical (unpaired) electrons. The van der Waals surface area contributed by atoms with Crippen molar-refractivity contribution in [2.75, 3.05) is 14.2 Å². The van der Waals surface area contributed by atoms with Gasteiger partial charge in [0.25, 0.3) is 0 Å². The summed E-state index contributed by atoms with van der Waals surface area (Å²) in [6, 6.07) is 15.9. The first-order chi connectivity index (χ1) is 20.3. The number of ether oxygens (including phenoxy) is 2. The Kier molecular flexibility index (Phi) is 6.79. The Morgan fingerprint density at radius 1 is 0.786 bits per heavy atom. The molecule has 0 amide bonds. The minimum absolute atomic E-state index is 0.146. The lowest BCUT2D eigenvalue weighted by molar-refractivity contribution is 0.0586. The molecule has 0 saturated heterocycles. The zero-order valence-electron chi connectivity index (χ0n) is 22.2. The molecule has 6 rings (SSSR count). The van der Waals surface area contributed by atoms with Gasteiger partial charge in [-0.25, -0.2) is 33.0 Å². The maximum absolute atomic E-state index is 14.5. The maximum Gasteiger partial charge on any atom is 0.340 e. The van der Waals surface area contributed by atoms with E-state index < -0.39 is 23.6 Å². The smallest absolute Gasteiger partial charge is 0.340 e. The highest BCUT2D eigenvalue weighted by atomic mass is 19.1. The number of rotatable bonds is 6. The maximum atomic E-state index is 14.5. The van der Waals surface area contributed by atoms with Gasteiger partial charge in [-0.1, -0.05) is 23.4 Å². The van der Waals surface area contributed by atoms with Gasteiger partial charge in [0.1, 0.15) is 11.6 Å². The van der Waals surface area contributed by atoms with Gasteiger partial charge in [0.2, 0.25) is 5.65 Å². The fourth-order valence-electron chi connectivity index (χ4n) is 4.53. The molecular weight excluding hydrogens is 546 g/mol. The average Bonchev–Trinajstić information content (AvgIpc) is 3.41. The van der Waals surface area contributed by atoms with Crippen molar-refractivity contribution in [2.45, 2.75) is 6.54 Å². The summed E-state index contributed by atoms with van der Waals surface area (Å²) in [7, 11) is 2.38. The van der Waals surface area contributed by atoms with Crippen molar-refractivity contribution >= 4 is 34.1 Å². The second-order valence-corrected chi connectivity index (χ2v) is 9.27. The molecule has 6 aromatic rings. The molecule has 0 spiro atoms. The van der Waals surface area contributed by atoms with Crippen LogP contribution < -0.4 is 0 Å². The Balaban J connectivity index is 1.30. The Bertz CT molecular complexity index is 2030. The van der Waals surface area contributed by atoms with Crippen LogP contribution in [-0.4, -0.2) is 56.1 Å². The van der Waals surface area contributed by atoms with Crippen LogP contribution >= 0.6 is 0 Å². The number of methoxy groups -OCH3 is 2. The van der Waals surface area contributed by atoms with Crippen LogP contribution in [0, 0.1) is 11.6 Å².